The average molecular weight is 352 g/mol. The number of amides is 2. The van der Waals surface area contributed by atoms with Crippen molar-refractivity contribution in [3.63, 3.8) is 0 Å². The minimum Gasteiger partial charge on any atom is -0.449 e. The third kappa shape index (κ3) is 4.29. The summed E-state index contributed by atoms with van der Waals surface area (Å²) < 4.78 is 10.6. The lowest BCUT2D eigenvalue weighted by Crippen LogP contribution is -2.25. The molecule has 26 heavy (non-hydrogen) atoms. The van der Waals surface area contributed by atoms with Gasteiger partial charge in [0.25, 0.3) is 11.8 Å². The first-order valence-electron chi connectivity index (χ1n) is 8.34. The number of para-hydroxylation sites is 2. The van der Waals surface area contributed by atoms with Gasteiger partial charge in [-0.05, 0) is 42.3 Å². The second-order valence-corrected chi connectivity index (χ2v) is 5.79. The Labute approximate surface area is 151 Å². The van der Waals surface area contributed by atoms with Crippen LogP contribution in [0, 0.1) is 0 Å². The van der Waals surface area contributed by atoms with E-state index in [1.54, 1.807) is 49.6 Å². The molecule has 6 nitrogen and oxygen atoms in total. The number of rotatable bonds is 6. The molecule has 0 atom stereocenters. The van der Waals surface area contributed by atoms with E-state index in [2.05, 4.69) is 10.6 Å². The Bertz CT molecular complexity index is 828. The van der Waals surface area contributed by atoms with Crippen LogP contribution in [0.2, 0.25) is 0 Å². The maximum atomic E-state index is 12.1. The van der Waals surface area contributed by atoms with Gasteiger partial charge in [-0.1, -0.05) is 24.3 Å². The number of ether oxygens (including phenoxy) is 2. The first kappa shape index (κ1) is 17.7. The van der Waals surface area contributed by atoms with Gasteiger partial charge in [-0.3, -0.25) is 9.59 Å². The molecule has 134 valence electrons. The molecule has 2 amide bonds. The highest BCUT2D eigenvalue weighted by Gasteiger charge is 2.21. The van der Waals surface area contributed by atoms with Crippen LogP contribution < -0.4 is 15.4 Å². The minimum atomic E-state index is -0.302. The number of methoxy groups -OCH3 is 1. The standard InChI is InChI=1S/C20H20N2O4/c1-25-12-4-11-21-19(23)15-9-7-14(8-10-15)13-18-20(24)22-16-5-2-3-6-17(16)26-18/h2-3,5-10,13H,4,11-12H2,1H3,(H,21,23)(H,22,24). The third-order valence-electron chi connectivity index (χ3n) is 3.86. The number of benzene rings is 2. The Hall–Kier alpha value is -3.12. The summed E-state index contributed by atoms with van der Waals surface area (Å²) in [4.78, 5) is 24.2. The van der Waals surface area contributed by atoms with E-state index in [1.807, 2.05) is 12.1 Å². The summed E-state index contributed by atoms with van der Waals surface area (Å²) in [6.45, 7) is 1.17. The van der Waals surface area contributed by atoms with Crippen molar-refractivity contribution in [1.29, 1.82) is 0 Å². The first-order valence-corrected chi connectivity index (χ1v) is 8.34. The summed E-state index contributed by atoms with van der Waals surface area (Å²) in [5.41, 5.74) is 1.98. The molecular formula is C20H20N2O4. The smallest absolute Gasteiger partial charge is 0.291 e. The molecule has 0 saturated heterocycles. The van der Waals surface area contributed by atoms with Crippen LogP contribution >= 0.6 is 0 Å². The zero-order valence-electron chi connectivity index (χ0n) is 14.5. The van der Waals surface area contributed by atoms with Crippen molar-refractivity contribution in [2.45, 2.75) is 6.42 Å². The van der Waals surface area contributed by atoms with Crippen molar-refractivity contribution in [3.05, 3.63) is 65.4 Å². The molecule has 0 radical (unpaired) electrons. The van der Waals surface area contributed by atoms with Crippen LogP contribution in [-0.4, -0.2) is 32.1 Å². The Morgan fingerprint density at radius 1 is 1.19 bits per heavy atom. The first-order chi connectivity index (χ1) is 12.7. The van der Waals surface area contributed by atoms with E-state index < -0.39 is 0 Å². The lowest BCUT2D eigenvalue weighted by molar-refractivity contribution is -0.115. The highest BCUT2D eigenvalue weighted by Crippen LogP contribution is 2.30. The Morgan fingerprint density at radius 3 is 2.73 bits per heavy atom. The van der Waals surface area contributed by atoms with Crippen LogP contribution in [0.3, 0.4) is 0 Å². The van der Waals surface area contributed by atoms with Crippen LogP contribution in [0.4, 0.5) is 5.69 Å². The van der Waals surface area contributed by atoms with Gasteiger partial charge < -0.3 is 20.1 Å². The fourth-order valence-corrected chi connectivity index (χ4v) is 2.51. The van der Waals surface area contributed by atoms with Crippen LogP contribution in [0.1, 0.15) is 22.3 Å². The molecule has 0 spiro atoms. The number of hydrogen-bond acceptors (Lipinski definition) is 4. The van der Waals surface area contributed by atoms with Crippen LogP contribution in [0.15, 0.2) is 54.3 Å². The molecule has 2 aromatic carbocycles. The van der Waals surface area contributed by atoms with Gasteiger partial charge in [-0.2, -0.15) is 0 Å². The molecule has 6 heteroatoms. The van der Waals surface area contributed by atoms with E-state index in [9.17, 15) is 9.59 Å². The van der Waals surface area contributed by atoms with Gasteiger partial charge in [0.1, 0.15) is 0 Å². The number of nitrogens with one attached hydrogen (secondary N) is 2. The van der Waals surface area contributed by atoms with Crippen molar-refractivity contribution in [2.24, 2.45) is 0 Å². The fourth-order valence-electron chi connectivity index (χ4n) is 2.51. The Kier molecular flexibility index (Phi) is 5.66. The molecular weight excluding hydrogens is 332 g/mol. The van der Waals surface area contributed by atoms with Crippen molar-refractivity contribution in [1.82, 2.24) is 5.32 Å². The Balaban J connectivity index is 1.66. The number of hydrogen-bond donors (Lipinski definition) is 2. The fraction of sp³-hybridized carbons (Fsp3) is 0.200. The summed E-state index contributed by atoms with van der Waals surface area (Å²) in [6.07, 6.45) is 2.41. The molecule has 1 heterocycles. The van der Waals surface area contributed by atoms with Crippen molar-refractivity contribution in [2.75, 3.05) is 25.6 Å². The summed E-state index contributed by atoms with van der Waals surface area (Å²) in [6, 6.07) is 14.2. The highest BCUT2D eigenvalue weighted by atomic mass is 16.5. The zero-order valence-corrected chi connectivity index (χ0v) is 14.5. The predicted molar refractivity (Wildman–Crippen MR) is 98.9 cm³/mol. The molecule has 3 rings (SSSR count). The number of carbonyl (C=O) groups excluding carboxylic acids is 2. The molecule has 1 aliphatic rings. The van der Waals surface area contributed by atoms with Crippen LogP contribution in [-0.2, 0) is 9.53 Å². The highest BCUT2D eigenvalue weighted by molar-refractivity contribution is 6.08. The monoisotopic (exact) mass is 352 g/mol. The molecule has 0 aliphatic carbocycles. The number of anilines is 1. The average Bonchev–Trinajstić information content (AvgIpc) is 2.66. The molecule has 0 bridgehead atoms. The van der Waals surface area contributed by atoms with Gasteiger partial charge >= 0.3 is 0 Å². The quantitative estimate of drug-likeness (QED) is 0.619. The lowest BCUT2D eigenvalue weighted by Gasteiger charge is -2.19. The SMILES string of the molecule is COCCCNC(=O)c1ccc(C=C2Oc3ccccc3NC2=O)cc1. The third-order valence-corrected chi connectivity index (χ3v) is 3.86. The molecule has 0 fully saturated rings. The normalized spacial score (nSPS) is 14.3. The second-order valence-electron chi connectivity index (χ2n) is 5.79. The van der Waals surface area contributed by atoms with Gasteiger partial charge in [0.2, 0.25) is 0 Å². The maximum absolute atomic E-state index is 12.1. The number of fused-ring (bicyclic) bond motifs is 1. The molecule has 2 N–H and O–H groups in total. The summed E-state index contributed by atoms with van der Waals surface area (Å²) in [7, 11) is 1.63. The zero-order chi connectivity index (χ0) is 18.4. The Morgan fingerprint density at radius 2 is 1.96 bits per heavy atom. The topological polar surface area (TPSA) is 76.7 Å². The summed E-state index contributed by atoms with van der Waals surface area (Å²) >= 11 is 0. The van der Waals surface area contributed by atoms with E-state index in [1.165, 1.54) is 0 Å². The van der Waals surface area contributed by atoms with Crippen LogP contribution in [0.25, 0.3) is 6.08 Å². The molecule has 0 saturated carbocycles. The predicted octanol–water partition coefficient (Wildman–Crippen LogP) is 2.82. The van der Waals surface area contributed by atoms with E-state index in [0.29, 0.717) is 30.2 Å². The maximum Gasteiger partial charge on any atom is 0.291 e. The van der Waals surface area contributed by atoms with Gasteiger partial charge in [0.05, 0.1) is 5.69 Å². The van der Waals surface area contributed by atoms with Crippen molar-refractivity contribution >= 4 is 23.6 Å². The molecule has 1 aliphatic heterocycles. The number of carbonyl (C=O) groups is 2. The summed E-state index contributed by atoms with van der Waals surface area (Å²) in [5.74, 6) is 0.371. The van der Waals surface area contributed by atoms with Gasteiger partial charge in [-0.25, -0.2) is 0 Å². The minimum absolute atomic E-state index is 0.138. The van der Waals surface area contributed by atoms with E-state index in [-0.39, 0.29) is 17.6 Å². The van der Waals surface area contributed by atoms with Gasteiger partial charge in [-0.15, -0.1) is 0 Å². The van der Waals surface area contributed by atoms with Crippen LogP contribution in [0.5, 0.6) is 5.75 Å². The molecule has 2 aromatic rings. The largest absolute Gasteiger partial charge is 0.449 e. The van der Waals surface area contributed by atoms with Crippen molar-refractivity contribution < 1.29 is 19.1 Å². The van der Waals surface area contributed by atoms with Gasteiger partial charge in [0, 0.05) is 25.8 Å². The van der Waals surface area contributed by atoms with Gasteiger partial charge in [0.15, 0.2) is 11.5 Å². The lowest BCUT2D eigenvalue weighted by atomic mass is 10.1. The molecule has 0 aromatic heterocycles. The van der Waals surface area contributed by atoms with E-state index in [0.717, 1.165) is 12.0 Å². The van der Waals surface area contributed by atoms with Crippen molar-refractivity contribution in [3.8, 4) is 5.75 Å². The second kappa shape index (κ2) is 8.31. The summed E-state index contributed by atoms with van der Waals surface area (Å²) in [5, 5.41) is 5.62. The van der Waals surface area contributed by atoms with E-state index >= 15 is 0 Å². The van der Waals surface area contributed by atoms with E-state index in [4.69, 9.17) is 9.47 Å². The molecule has 0 unspecified atom stereocenters.